The van der Waals surface area contributed by atoms with Gasteiger partial charge in [0.25, 0.3) is 0 Å². The van der Waals surface area contributed by atoms with Crippen LogP contribution in [0.3, 0.4) is 0 Å². The summed E-state index contributed by atoms with van der Waals surface area (Å²) in [5, 5.41) is 0. The Hall–Kier alpha value is -1.57. The second kappa shape index (κ2) is 4.61. The van der Waals surface area contributed by atoms with Crippen LogP contribution in [0, 0.1) is 6.92 Å². The van der Waals surface area contributed by atoms with Gasteiger partial charge < -0.3 is 4.74 Å². The Morgan fingerprint density at radius 1 is 1.29 bits per heavy atom. The molecule has 0 fully saturated rings. The molecule has 0 saturated heterocycles. The Labute approximate surface area is 84.2 Å². The fourth-order valence-electron chi connectivity index (χ4n) is 1.16. The number of benzene rings is 1. The molecular weight excluding hydrogens is 176 g/mol. The topological polar surface area (TPSA) is 26.3 Å². The van der Waals surface area contributed by atoms with Crippen molar-refractivity contribution in [3.63, 3.8) is 0 Å². The first-order valence-corrected chi connectivity index (χ1v) is 4.55. The largest absolute Gasteiger partial charge is 0.426 e. The van der Waals surface area contributed by atoms with E-state index in [1.807, 2.05) is 38.1 Å². The Bertz CT molecular complexity index is 347. The first kappa shape index (κ1) is 10.5. The molecule has 0 aliphatic rings. The van der Waals surface area contributed by atoms with Crippen molar-refractivity contribution in [1.82, 2.24) is 0 Å². The second-order valence-corrected chi connectivity index (χ2v) is 3.11. The normalized spacial score (nSPS) is 11.2. The highest BCUT2D eigenvalue weighted by molar-refractivity contribution is 5.76. The summed E-state index contributed by atoms with van der Waals surface area (Å²) < 4.78 is 5.05. The molecule has 14 heavy (non-hydrogen) atoms. The third kappa shape index (κ3) is 2.73. The summed E-state index contributed by atoms with van der Waals surface area (Å²) in [7, 11) is 0. The van der Waals surface area contributed by atoms with Crippen LogP contribution < -0.4 is 0 Å². The van der Waals surface area contributed by atoms with Gasteiger partial charge in [-0.15, -0.1) is 0 Å². The van der Waals surface area contributed by atoms with Crippen LogP contribution in [0.15, 0.2) is 30.3 Å². The molecule has 0 heterocycles. The summed E-state index contributed by atoms with van der Waals surface area (Å²) in [6.45, 7) is 5.26. The van der Waals surface area contributed by atoms with E-state index in [-0.39, 0.29) is 5.97 Å². The van der Waals surface area contributed by atoms with Gasteiger partial charge in [-0.25, -0.2) is 0 Å². The molecule has 0 N–H and O–H groups in total. The lowest BCUT2D eigenvalue weighted by Crippen LogP contribution is -1.98. The first-order valence-electron chi connectivity index (χ1n) is 4.55. The van der Waals surface area contributed by atoms with Crippen LogP contribution in [0.1, 0.15) is 25.0 Å². The lowest BCUT2D eigenvalue weighted by molar-refractivity contribution is -0.134. The van der Waals surface area contributed by atoms with Crippen molar-refractivity contribution < 1.29 is 9.53 Å². The minimum Gasteiger partial charge on any atom is -0.426 e. The number of allylic oxidation sites excluding steroid dienone is 1. The number of ether oxygens (including phenoxy) is 1. The highest BCUT2D eigenvalue weighted by Crippen LogP contribution is 2.16. The van der Waals surface area contributed by atoms with Gasteiger partial charge in [0.15, 0.2) is 0 Å². The number of carbonyl (C=O) groups excluding carboxylic acids is 1. The molecule has 0 aliphatic heterocycles. The van der Waals surface area contributed by atoms with Crippen molar-refractivity contribution in [2.75, 3.05) is 0 Å². The molecule has 0 atom stereocenters. The average molecular weight is 190 g/mol. The maximum absolute atomic E-state index is 10.8. The maximum Gasteiger partial charge on any atom is 0.308 e. The monoisotopic (exact) mass is 190 g/mol. The van der Waals surface area contributed by atoms with Gasteiger partial charge in [-0.05, 0) is 19.9 Å². The van der Waals surface area contributed by atoms with Crippen molar-refractivity contribution in [3.8, 4) is 0 Å². The molecular formula is C12H14O2. The Balaban J connectivity index is 2.91. The van der Waals surface area contributed by atoms with Crippen molar-refractivity contribution in [2.45, 2.75) is 20.8 Å². The first-order chi connectivity index (χ1) is 6.63. The summed E-state index contributed by atoms with van der Waals surface area (Å²) in [5.74, 6) is 0.316. The SMILES string of the molecule is CC=C(OC(C)=O)c1ccc(C)cc1. The van der Waals surface area contributed by atoms with Gasteiger partial charge in [-0.2, -0.15) is 0 Å². The van der Waals surface area contributed by atoms with E-state index in [1.165, 1.54) is 12.5 Å². The van der Waals surface area contributed by atoms with Crippen LogP contribution >= 0.6 is 0 Å². The molecule has 0 amide bonds. The third-order valence-corrected chi connectivity index (χ3v) is 1.85. The highest BCUT2D eigenvalue weighted by Gasteiger charge is 2.03. The maximum atomic E-state index is 10.8. The summed E-state index contributed by atoms with van der Waals surface area (Å²) in [5.41, 5.74) is 2.11. The Morgan fingerprint density at radius 2 is 1.86 bits per heavy atom. The van der Waals surface area contributed by atoms with Gasteiger partial charge in [-0.1, -0.05) is 29.8 Å². The highest BCUT2D eigenvalue weighted by atomic mass is 16.5. The fourth-order valence-corrected chi connectivity index (χ4v) is 1.16. The minimum absolute atomic E-state index is 0.293. The molecule has 0 aromatic heterocycles. The molecule has 0 spiro atoms. The van der Waals surface area contributed by atoms with E-state index in [1.54, 1.807) is 6.08 Å². The van der Waals surface area contributed by atoms with Crippen LogP contribution in [0.5, 0.6) is 0 Å². The minimum atomic E-state index is -0.293. The molecule has 2 heteroatoms. The second-order valence-electron chi connectivity index (χ2n) is 3.11. The molecule has 0 unspecified atom stereocenters. The Morgan fingerprint density at radius 3 is 2.29 bits per heavy atom. The Kier molecular flexibility index (Phi) is 3.46. The van der Waals surface area contributed by atoms with Crippen molar-refractivity contribution >= 4 is 11.7 Å². The summed E-state index contributed by atoms with van der Waals surface area (Å²) in [6, 6.07) is 7.85. The smallest absolute Gasteiger partial charge is 0.308 e. The molecule has 2 nitrogen and oxygen atoms in total. The van der Waals surface area contributed by atoms with Crippen LogP contribution in [-0.2, 0) is 9.53 Å². The molecule has 74 valence electrons. The number of hydrogen-bond donors (Lipinski definition) is 0. The molecule has 0 aliphatic carbocycles. The van der Waals surface area contributed by atoms with Gasteiger partial charge in [0.2, 0.25) is 0 Å². The van der Waals surface area contributed by atoms with Crippen LogP contribution in [-0.4, -0.2) is 5.97 Å². The van der Waals surface area contributed by atoms with E-state index in [9.17, 15) is 4.79 Å². The van der Waals surface area contributed by atoms with Crippen LogP contribution in [0.25, 0.3) is 5.76 Å². The van der Waals surface area contributed by atoms with Gasteiger partial charge >= 0.3 is 5.97 Å². The van der Waals surface area contributed by atoms with E-state index in [0.717, 1.165) is 5.56 Å². The summed E-state index contributed by atoms with van der Waals surface area (Å²) >= 11 is 0. The van der Waals surface area contributed by atoms with E-state index in [0.29, 0.717) is 5.76 Å². The zero-order chi connectivity index (χ0) is 10.6. The lowest BCUT2D eigenvalue weighted by Gasteiger charge is -2.06. The molecule has 0 radical (unpaired) electrons. The van der Waals surface area contributed by atoms with E-state index in [4.69, 9.17) is 4.74 Å². The quantitative estimate of drug-likeness (QED) is 0.529. The molecule has 0 saturated carbocycles. The predicted octanol–water partition coefficient (Wildman–Crippen LogP) is 2.92. The van der Waals surface area contributed by atoms with E-state index < -0.39 is 0 Å². The summed E-state index contributed by atoms with van der Waals surface area (Å²) in [6.07, 6.45) is 1.78. The van der Waals surface area contributed by atoms with Crippen LogP contribution in [0.4, 0.5) is 0 Å². The number of hydrogen-bond acceptors (Lipinski definition) is 2. The number of rotatable bonds is 2. The average Bonchev–Trinajstić information content (AvgIpc) is 2.15. The van der Waals surface area contributed by atoms with Crippen LogP contribution in [0.2, 0.25) is 0 Å². The van der Waals surface area contributed by atoms with Gasteiger partial charge in [-0.3, -0.25) is 4.79 Å². The van der Waals surface area contributed by atoms with Gasteiger partial charge in [0, 0.05) is 12.5 Å². The molecule has 1 aromatic rings. The van der Waals surface area contributed by atoms with Gasteiger partial charge in [0.05, 0.1) is 0 Å². The zero-order valence-corrected chi connectivity index (χ0v) is 8.70. The third-order valence-electron chi connectivity index (χ3n) is 1.85. The predicted molar refractivity (Wildman–Crippen MR) is 56.6 cm³/mol. The number of carbonyl (C=O) groups is 1. The molecule has 1 rings (SSSR count). The van der Waals surface area contributed by atoms with Crippen molar-refractivity contribution in [1.29, 1.82) is 0 Å². The van der Waals surface area contributed by atoms with Gasteiger partial charge in [0.1, 0.15) is 5.76 Å². The molecule has 1 aromatic carbocycles. The van der Waals surface area contributed by atoms with E-state index in [2.05, 4.69) is 0 Å². The molecule has 0 bridgehead atoms. The standard InChI is InChI=1S/C12H14O2/c1-4-12(14-10(3)13)11-7-5-9(2)6-8-11/h4-8H,1-3H3. The fraction of sp³-hybridized carbons (Fsp3) is 0.250. The van der Waals surface area contributed by atoms with E-state index >= 15 is 0 Å². The van der Waals surface area contributed by atoms with Crippen molar-refractivity contribution in [2.24, 2.45) is 0 Å². The number of esters is 1. The number of aryl methyl sites for hydroxylation is 1. The lowest BCUT2D eigenvalue weighted by atomic mass is 10.1. The summed E-state index contributed by atoms with van der Waals surface area (Å²) in [4.78, 5) is 10.8. The van der Waals surface area contributed by atoms with Crippen molar-refractivity contribution in [3.05, 3.63) is 41.5 Å². The zero-order valence-electron chi connectivity index (χ0n) is 8.70.